The summed E-state index contributed by atoms with van der Waals surface area (Å²) in [5, 5.41) is 13.2. The predicted molar refractivity (Wildman–Crippen MR) is 100 cm³/mol. The van der Waals surface area contributed by atoms with Crippen LogP contribution in [0.25, 0.3) is 4.96 Å². The van der Waals surface area contributed by atoms with E-state index in [4.69, 9.17) is 4.74 Å². The molecule has 2 aromatic carbocycles. The summed E-state index contributed by atoms with van der Waals surface area (Å²) >= 11 is 3.30. The number of benzene rings is 2. The van der Waals surface area contributed by atoms with Crippen molar-refractivity contribution in [3.63, 3.8) is 0 Å². The van der Waals surface area contributed by atoms with Crippen LogP contribution in [0.1, 0.15) is 17.0 Å². The molecule has 0 N–H and O–H groups in total. The van der Waals surface area contributed by atoms with Crippen molar-refractivity contribution in [1.29, 1.82) is 0 Å². The lowest BCUT2D eigenvalue weighted by Crippen LogP contribution is -1.97. The molecule has 4 aromatic rings. The Morgan fingerprint density at radius 2 is 1.80 bits per heavy atom. The monoisotopic (exact) mass is 368 g/mol. The van der Waals surface area contributed by atoms with Gasteiger partial charge in [0.2, 0.25) is 4.96 Å². The fourth-order valence-corrected chi connectivity index (χ4v) is 4.30. The molecule has 0 bridgehead atoms. The van der Waals surface area contributed by atoms with Gasteiger partial charge in [0.25, 0.3) is 0 Å². The number of nitrogens with zero attached hydrogens (tertiary/aromatic N) is 4. The number of fused-ring (bicyclic) bond motifs is 1. The van der Waals surface area contributed by atoms with Crippen molar-refractivity contribution in [3.8, 4) is 5.75 Å². The zero-order chi connectivity index (χ0) is 17.1. The molecule has 0 saturated carbocycles. The van der Waals surface area contributed by atoms with Gasteiger partial charge in [-0.1, -0.05) is 65.6 Å². The van der Waals surface area contributed by atoms with Crippen molar-refractivity contribution < 1.29 is 4.74 Å². The normalized spacial score (nSPS) is 11.1. The molecule has 7 heteroatoms. The Morgan fingerprint density at radius 1 is 1.00 bits per heavy atom. The van der Waals surface area contributed by atoms with E-state index in [0.29, 0.717) is 6.42 Å². The van der Waals surface area contributed by atoms with Crippen LogP contribution in [0.2, 0.25) is 0 Å². The first-order chi connectivity index (χ1) is 12.3. The molecule has 0 radical (unpaired) electrons. The highest BCUT2D eigenvalue weighted by atomic mass is 32.2. The number of rotatable bonds is 6. The van der Waals surface area contributed by atoms with Gasteiger partial charge in [0, 0.05) is 12.2 Å². The quantitative estimate of drug-likeness (QED) is 0.480. The highest BCUT2D eigenvalue weighted by Crippen LogP contribution is 2.28. The maximum Gasteiger partial charge on any atom is 0.235 e. The molecule has 126 valence electrons. The predicted octanol–water partition coefficient (Wildman–Crippen LogP) is 4.08. The fourth-order valence-electron chi connectivity index (χ4n) is 2.45. The second kappa shape index (κ2) is 7.25. The van der Waals surface area contributed by atoms with E-state index in [-0.39, 0.29) is 0 Å². The number of hydrogen-bond donors (Lipinski definition) is 0. The molecular formula is C18H16N4OS2. The molecule has 0 aliphatic carbocycles. The van der Waals surface area contributed by atoms with Crippen molar-refractivity contribution >= 4 is 28.1 Å². The Bertz CT molecular complexity index is 964. The van der Waals surface area contributed by atoms with Gasteiger partial charge in [0.1, 0.15) is 5.75 Å². The van der Waals surface area contributed by atoms with Gasteiger partial charge in [-0.2, -0.15) is 4.52 Å². The van der Waals surface area contributed by atoms with E-state index in [1.807, 2.05) is 34.8 Å². The second-order valence-electron chi connectivity index (χ2n) is 5.48. The molecule has 0 saturated heterocycles. The molecule has 0 aliphatic rings. The highest BCUT2D eigenvalue weighted by Gasteiger charge is 2.12. The number of hydrogen-bond acceptors (Lipinski definition) is 6. The molecule has 5 nitrogen and oxygen atoms in total. The first-order valence-corrected chi connectivity index (χ1v) is 9.63. The molecule has 0 spiro atoms. The zero-order valence-electron chi connectivity index (χ0n) is 13.6. The zero-order valence-corrected chi connectivity index (χ0v) is 15.3. The van der Waals surface area contributed by atoms with E-state index >= 15 is 0 Å². The largest absolute Gasteiger partial charge is 0.497 e. The van der Waals surface area contributed by atoms with Gasteiger partial charge in [-0.15, -0.1) is 15.3 Å². The van der Waals surface area contributed by atoms with Crippen LogP contribution in [-0.4, -0.2) is 26.9 Å². The fraction of sp³-hybridized carbons (Fsp3) is 0.167. The third-order valence-corrected chi connectivity index (χ3v) is 5.87. The minimum atomic E-state index is 0.692. The minimum Gasteiger partial charge on any atom is -0.497 e. The van der Waals surface area contributed by atoms with Crippen LogP contribution in [0.4, 0.5) is 0 Å². The highest BCUT2D eigenvalue weighted by molar-refractivity contribution is 8.00. The standard InChI is InChI=1S/C18H16N4OS2/c1-23-15-9-7-13(8-10-15)11-16-19-20-17-22(16)21-18(25-17)24-12-14-5-3-2-4-6-14/h2-10H,11-12H2,1H3. The van der Waals surface area contributed by atoms with Crippen LogP contribution in [0.3, 0.4) is 0 Å². The summed E-state index contributed by atoms with van der Waals surface area (Å²) in [5.41, 5.74) is 2.44. The van der Waals surface area contributed by atoms with Gasteiger partial charge in [0.05, 0.1) is 7.11 Å². The molecule has 25 heavy (non-hydrogen) atoms. The van der Waals surface area contributed by atoms with Crippen molar-refractivity contribution in [2.75, 3.05) is 7.11 Å². The van der Waals surface area contributed by atoms with Crippen molar-refractivity contribution in [1.82, 2.24) is 19.8 Å². The van der Waals surface area contributed by atoms with Crippen LogP contribution in [0.5, 0.6) is 5.75 Å². The van der Waals surface area contributed by atoms with E-state index in [1.165, 1.54) is 5.56 Å². The minimum absolute atomic E-state index is 0.692. The summed E-state index contributed by atoms with van der Waals surface area (Å²) in [6, 6.07) is 18.4. The smallest absolute Gasteiger partial charge is 0.235 e. The number of aromatic nitrogens is 4. The Labute approximate surface area is 153 Å². The van der Waals surface area contributed by atoms with E-state index < -0.39 is 0 Å². The van der Waals surface area contributed by atoms with E-state index in [0.717, 1.165) is 32.2 Å². The summed E-state index contributed by atoms with van der Waals surface area (Å²) < 4.78 is 8.05. The second-order valence-corrected chi connectivity index (χ2v) is 7.66. The molecule has 4 rings (SSSR count). The lowest BCUT2D eigenvalue weighted by Gasteiger charge is -2.01. The third kappa shape index (κ3) is 3.67. The van der Waals surface area contributed by atoms with Gasteiger partial charge in [-0.3, -0.25) is 0 Å². The summed E-state index contributed by atoms with van der Waals surface area (Å²) in [6.45, 7) is 0. The average molecular weight is 368 g/mol. The molecule has 0 unspecified atom stereocenters. The molecule has 0 aliphatic heterocycles. The Balaban J connectivity index is 1.49. The Kier molecular flexibility index (Phi) is 4.67. The van der Waals surface area contributed by atoms with Gasteiger partial charge in [-0.25, -0.2) is 0 Å². The Hall–Kier alpha value is -2.38. The number of thioether (sulfide) groups is 1. The van der Waals surface area contributed by atoms with Gasteiger partial charge in [0.15, 0.2) is 10.2 Å². The SMILES string of the molecule is COc1ccc(Cc2nnc3sc(SCc4ccccc4)nn23)cc1. The summed E-state index contributed by atoms with van der Waals surface area (Å²) in [4.78, 5) is 0.832. The molecule has 2 heterocycles. The number of ether oxygens (including phenoxy) is 1. The lowest BCUT2D eigenvalue weighted by atomic mass is 10.1. The first kappa shape index (κ1) is 16.1. The van der Waals surface area contributed by atoms with Gasteiger partial charge < -0.3 is 4.74 Å². The van der Waals surface area contributed by atoms with E-state index in [9.17, 15) is 0 Å². The van der Waals surface area contributed by atoms with Crippen LogP contribution in [-0.2, 0) is 12.2 Å². The van der Waals surface area contributed by atoms with Crippen LogP contribution in [0, 0.1) is 0 Å². The van der Waals surface area contributed by atoms with Crippen molar-refractivity contribution in [3.05, 3.63) is 71.5 Å². The van der Waals surface area contributed by atoms with Gasteiger partial charge >= 0.3 is 0 Å². The van der Waals surface area contributed by atoms with Gasteiger partial charge in [-0.05, 0) is 23.3 Å². The van der Waals surface area contributed by atoms with Crippen LogP contribution in [0.15, 0.2) is 58.9 Å². The molecule has 2 aromatic heterocycles. The first-order valence-electron chi connectivity index (χ1n) is 7.82. The molecule has 0 fully saturated rings. The topological polar surface area (TPSA) is 52.3 Å². The van der Waals surface area contributed by atoms with Crippen LogP contribution < -0.4 is 4.74 Å². The maximum absolute atomic E-state index is 5.19. The average Bonchev–Trinajstić information content (AvgIpc) is 3.23. The summed E-state index contributed by atoms with van der Waals surface area (Å²) in [5.74, 6) is 2.60. The summed E-state index contributed by atoms with van der Waals surface area (Å²) in [6.07, 6.45) is 0.692. The molecule has 0 amide bonds. The molecule has 0 atom stereocenters. The van der Waals surface area contributed by atoms with Crippen molar-refractivity contribution in [2.24, 2.45) is 0 Å². The Morgan fingerprint density at radius 3 is 2.56 bits per heavy atom. The lowest BCUT2D eigenvalue weighted by molar-refractivity contribution is 0.414. The van der Waals surface area contributed by atoms with Crippen LogP contribution >= 0.6 is 23.1 Å². The third-order valence-electron chi connectivity index (χ3n) is 3.76. The molecular weight excluding hydrogens is 352 g/mol. The summed E-state index contributed by atoms with van der Waals surface area (Å²) in [7, 11) is 1.67. The maximum atomic E-state index is 5.19. The van der Waals surface area contributed by atoms with E-state index in [2.05, 4.69) is 39.6 Å². The number of methoxy groups -OCH3 is 1. The van der Waals surface area contributed by atoms with Crippen molar-refractivity contribution in [2.45, 2.75) is 16.5 Å². The van der Waals surface area contributed by atoms with E-state index in [1.54, 1.807) is 30.2 Å².